The summed E-state index contributed by atoms with van der Waals surface area (Å²) < 4.78 is 40.3. The van der Waals surface area contributed by atoms with Gasteiger partial charge in [0.15, 0.2) is 0 Å². The second-order valence-electron chi connectivity index (χ2n) is 5.95. The molecule has 0 radical (unpaired) electrons. The molecule has 0 fully saturated rings. The van der Waals surface area contributed by atoms with Gasteiger partial charge in [-0.1, -0.05) is 73.3 Å². The van der Waals surface area contributed by atoms with Crippen molar-refractivity contribution < 1.29 is 17.9 Å². The van der Waals surface area contributed by atoms with E-state index in [2.05, 4.69) is 16.6 Å². The lowest BCUT2D eigenvalue weighted by Crippen LogP contribution is -2.13. The highest BCUT2D eigenvalue weighted by Gasteiger charge is 2.28. The van der Waals surface area contributed by atoms with Gasteiger partial charge in [-0.25, -0.2) is 0 Å². The lowest BCUT2D eigenvalue weighted by molar-refractivity contribution is -0.330. The Morgan fingerprint density at radius 1 is 1.04 bits per heavy atom. The SMILES string of the molecule is C=C/C(=C\C=C(/C)NCc1cccc(COC(F)(F)F)c1)c1ccccc1. The Balaban J connectivity index is 1.96. The maximum atomic E-state index is 12.1. The van der Waals surface area contributed by atoms with Gasteiger partial charge in [0.25, 0.3) is 0 Å². The number of allylic oxidation sites excluding steroid dienone is 5. The van der Waals surface area contributed by atoms with Crippen LogP contribution in [-0.4, -0.2) is 6.36 Å². The fraction of sp³-hybridized carbons (Fsp3) is 0.182. The second kappa shape index (κ2) is 9.78. The molecular weight excluding hydrogens is 351 g/mol. The van der Waals surface area contributed by atoms with Crippen molar-refractivity contribution in [1.82, 2.24) is 5.32 Å². The lowest BCUT2D eigenvalue weighted by Gasteiger charge is -2.10. The Bertz CT molecular complexity index is 808. The Kier molecular flexibility index (Phi) is 7.44. The Hall–Kier alpha value is -2.79. The van der Waals surface area contributed by atoms with E-state index >= 15 is 0 Å². The monoisotopic (exact) mass is 373 g/mol. The number of hydrogen-bond acceptors (Lipinski definition) is 2. The van der Waals surface area contributed by atoms with Crippen LogP contribution in [0.15, 0.2) is 85.1 Å². The maximum absolute atomic E-state index is 12.1. The van der Waals surface area contributed by atoms with Crippen LogP contribution in [0.4, 0.5) is 13.2 Å². The van der Waals surface area contributed by atoms with Gasteiger partial charge >= 0.3 is 6.36 Å². The van der Waals surface area contributed by atoms with Crippen molar-refractivity contribution in [3.8, 4) is 0 Å². The number of hydrogen-bond donors (Lipinski definition) is 1. The highest BCUT2D eigenvalue weighted by atomic mass is 19.4. The van der Waals surface area contributed by atoms with E-state index in [1.807, 2.05) is 55.5 Å². The molecule has 2 rings (SSSR count). The van der Waals surface area contributed by atoms with Gasteiger partial charge in [-0.2, -0.15) is 0 Å². The van der Waals surface area contributed by atoms with Gasteiger partial charge < -0.3 is 5.32 Å². The van der Waals surface area contributed by atoms with E-state index in [9.17, 15) is 13.2 Å². The number of rotatable bonds is 8. The Labute approximate surface area is 157 Å². The molecule has 0 aliphatic heterocycles. The summed E-state index contributed by atoms with van der Waals surface area (Å²) in [6, 6.07) is 16.8. The molecule has 0 bridgehead atoms. The number of alkyl halides is 3. The third kappa shape index (κ3) is 7.54. The molecule has 0 saturated heterocycles. The summed E-state index contributed by atoms with van der Waals surface area (Å²) in [4.78, 5) is 0. The van der Waals surface area contributed by atoms with E-state index in [4.69, 9.17) is 0 Å². The average Bonchev–Trinajstić information content (AvgIpc) is 2.66. The van der Waals surface area contributed by atoms with Crippen molar-refractivity contribution >= 4 is 5.57 Å². The normalized spacial score (nSPS) is 12.7. The lowest BCUT2D eigenvalue weighted by atomic mass is 10.1. The third-order valence-electron chi connectivity index (χ3n) is 3.81. The van der Waals surface area contributed by atoms with Gasteiger partial charge in [-0.3, -0.25) is 4.74 Å². The van der Waals surface area contributed by atoms with Gasteiger partial charge in [0.1, 0.15) is 0 Å². The molecule has 0 heterocycles. The first-order valence-corrected chi connectivity index (χ1v) is 8.46. The van der Waals surface area contributed by atoms with Gasteiger partial charge in [-0.15, -0.1) is 13.2 Å². The largest absolute Gasteiger partial charge is 0.522 e. The molecule has 0 atom stereocenters. The topological polar surface area (TPSA) is 21.3 Å². The number of ether oxygens (including phenoxy) is 1. The first-order chi connectivity index (χ1) is 12.9. The molecule has 0 aliphatic carbocycles. The second-order valence-corrected chi connectivity index (χ2v) is 5.95. The summed E-state index contributed by atoms with van der Waals surface area (Å²) in [7, 11) is 0. The molecule has 0 saturated carbocycles. The Morgan fingerprint density at radius 3 is 2.41 bits per heavy atom. The molecule has 27 heavy (non-hydrogen) atoms. The smallest absolute Gasteiger partial charge is 0.384 e. The number of halogens is 3. The van der Waals surface area contributed by atoms with Gasteiger partial charge in [0.05, 0.1) is 6.61 Å². The fourth-order valence-electron chi connectivity index (χ4n) is 2.42. The zero-order chi connectivity index (χ0) is 19.7. The van der Waals surface area contributed by atoms with E-state index in [0.29, 0.717) is 12.1 Å². The quantitative estimate of drug-likeness (QED) is 0.574. The minimum atomic E-state index is -4.62. The molecular formula is C22H22F3NO. The van der Waals surface area contributed by atoms with E-state index in [1.54, 1.807) is 24.3 Å². The summed E-state index contributed by atoms with van der Waals surface area (Å²) in [6.45, 7) is 5.79. The summed E-state index contributed by atoms with van der Waals surface area (Å²) >= 11 is 0. The molecule has 0 unspecified atom stereocenters. The van der Waals surface area contributed by atoms with Crippen molar-refractivity contribution in [2.24, 2.45) is 0 Å². The van der Waals surface area contributed by atoms with Crippen LogP contribution in [-0.2, 0) is 17.9 Å². The molecule has 2 nitrogen and oxygen atoms in total. The first-order valence-electron chi connectivity index (χ1n) is 8.46. The van der Waals surface area contributed by atoms with E-state index < -0.39 is 13.0 Å². The van der Waals surface area contributed by atoms with E-state index in [0.717, 1.165) is 22.4 Å². The summed E-state index contributed by atoms with van der Waals surface area (Å²) in [5.41, 5.74) is 4.37. The van der Waals surface area contributed by atoms with Crippen LogP contribution < -0.4 is 5.32 Å². The molecule has 5 heteroatoms. The number of nitrogens with one attached hydrogen (secondary N) is 1. The summed E-state index contributed by atoms with van der Waals surface area (Å²) in [6.07, 6.45) is 1.09. The summed E-state index contributed by atoms with van der Waals surface area (Å²) in [5, 5.41) is 3.25. The van der Waals surface area contributed by atoms with Gasteiger partial charge in [-0.05, 0) is 35.3 Å². The Morgan fingerprint density at radius 2 is 1.74 bits per heavy atom. The predicted octanol–water partition coefficient (Wildman–Crippen LogP) is 5.99. The average molecular weight is 373 g/mol. The molecule has 2 aromatic carbocycles. The van der Waals surface area contributed by atoms with Crippen LogP contribution in [0, 0.1) is 0 Å². The molecule has 0 aliphatic rings. The number of benzene rings is 2. The highest BCUT2D eigenvalue weighted by Crippen LogP contribution is 2.19. The van der Waals surface area contributed by atoms with E-state index in [1.165, 1.54) is 0 Å². The van der Waals surface area contributed by atoms with Crippen LogP contribution in [0.2, 0.25) is 0 Å². The van der Waals surface area contributed by atoms with Gasteiger partial charge in [0.2, 0.25) is 0 Å². The van der Waals surface area contributed by atoms with Crippen molar-refractivity contribution in [3.05, 3.63) is 102 Å². The maximum Gasteiger partial charge on any atom is 0.522 e. The first kappa shape index (κ1) is 20.5. The van der Waals surface area contributed by atoms with Crippen molar-refractivity contribution in [3.63, 3.8) is 0 Å². The van der Waals surface area contributed by atoms with Crippen LogP contribution in [0.3, 0.4) is 0 Å². The van der Waals surface area contributed by atoms with Crippen LogP contribution in [0.25, 0.3) is 5.57 Å². The van der Waals surface area contributed by atoms with Crippen molar-refractivity contribution in [2.45, 2.75) is 26.4 Å². The molecule has 0 amide bonds. The highest BCUT2D eigenvalue weighted by molar-refractivity contribution is 5.74. The minimum Gasteiger partial charge on any atom is -0.384 e. The summed E-state index contributed by atoms with van der Waals surface area (Å²) in [5.74, 6) is 0. The van der Waals surface area contributed by atoms with Gasteiger partial charge in [0, 0.05) is 12.2 Å². The zero-order valence-electron chi connectivity index (χ0n) is 15.1. The minimum absolute atomic E-state index is 0.478. The molecule has 2 aromatic rings. The van der Waals surface area contributed by atoms with Crippen LogP contribution >= 0.6 is 0 Å². The third-order valence-corrected chi connectivity index (χ3v) is 3.81. The zero-order valence-corrected chi connectivity index (χ0v) is 15.1. The van der Waals surface area contributed by atoms with Crippen molar-refractivity contribution in [1.29, 1.82) is 0 Å². The standard InChI is InChI=1S/C22H22F3NO/c1-3-20(21-10-5-4-6-11-21)13-12-17(2)26-15-18-8-7-9-19(14-18)16-27-22(23,24)25/h3-14,26H,1,15-16H2,2H3/b17-12+,20-13+. The van der Waals surface area contributed by atoms with Crippen LogP contribution in [0.1, 0.15) is 23.6 Å². The fourth-order valence-corrected chi connectivity index (χ4v) is 2.42. The molecule has 0 spiro atoms. The molecule has 0 aromatic heterocycles. The van der Waals surface area contributed by atoms with E-state index in [-0.39, 0.29) is 0 Å². The van der Waals surface area contributed by atoms with Crippen LogP contribution in [0.5, 0.6) is 0 Å². The predicted molar refractivity (Wildman–Crippen MR) is 102 cm³/mol. The molecule has 1 N–H and O–H groups in total. The molecule has 142 valence electrons. The van der Waals surface area contributed by atoms with Crippen molar-refractivity contribution in [2.75, 3.05) is 0 Å².